The molecule has 4 unspecified atom stereocenters. The molecule has 0 heterocycles. The molecule has 0 bridgehead atoms. The number of aromatic hydroxyl groups is 1. The average Bonchev–Trinajstić information content (AvgIpc) is 2.92. The van der Waals surface area contributed by atoms with E-state index >= 15 is 0 Å². The molecule has 0 aliphatic rings. The first kappa shape index (κ1) is 35.6. The highest BCUT2D eigenvalue weighted by Gasteiger charge is 2.30. The Morgan fingerprint density at radius 1 is 0.786 bits per heavy atom. The Balaban J connectivity index is 2.99. The van der Waals surface area contributed by atoms with Crippen molar-refractivity contribution in [2.45, 2.75) is 75.5 Å². The Labute approximate surface area is 243 Å². The zero-order valence-electron chi connectivity index (χ0n) is 23.3. The molecule has 0 saturated heterocycles. The lowest BCUT2D eigenvalue weighted by atomic mass is 10.0. The molecular weight excluding hydrogens is 552 g/mol. The van der Waals surface area contributed by atoms with E-state index in [0.717, 1.165) is 0 Å². The molecule has 0 aromatic heterocycles. The van der Waals surface area contributed by atoms with E-state index in [2.05, 4.69) is 20.9 Å². The topological polar surface area (TPSA) is 299 Å². The second-order valence-electron chi connectivity index (χ2n) is 9.66. The van der Waals surface area contributed by atoms with Gasteiger partial charge >= 0.3 is 11.9 Å². The lowest BCUT2D eigenvalue weighted by Gasteiger charge is -2.25. The smallest absolute Gasteiger partial charge is 0.326 e. The number of guanidine groups is 1. The highest BCUT2D eigenvalue weighted by molar-refractivity contribution is 5.94. The molecule has 0 fully saturated rings. The van der Waals surface area contributed by atoms with Crippen molar-refractivity contribution in [2.75, 3.05) is 13.1 Å². The monoisotopic (exact) mass is 594 g/mol. The molecule has 16 nitrogen and oxygen atoms in total. The summed E-state index contributed by atoms with van der Waals surface area (Å²) in [5.74, 6) is -4.97. The first-order valence-corrected chi connectivity index (χ1v) is 13.5. The number of aliphatic carboxylic acids is 2. The number of aliphatic imine (C=N–C) groups is 1. The number of hydrogen-bond acceptors (Lipinski definition) is 9. The third-order valence-electron chi connectivity index (χ3n) is 6.15. The van der Waals surface area contributed by atoms with Crippen molar-refractivity contribution in [1.82, 2.24) is 16.0 Å². The Bertz CT molecular complexity index is 1080. The third-order valence-corrected chi connectivity index (χ3v) is 6.15. The van der Waals surface area contributed by atoms with Crippen molar-refractivity contribution in [3.63, 3.8) is 0 Å². The maximum Gasteiger partial charge on any atom is 0.326 e. The predicted octanol–water partition coefficient (Wildman–Crippen LogP) is -2.15. The molecule has 234 valence electrons. The summed E-state index contributed by atoms with van der Waals surface area (Å²) in [7, 11) is 0. The van der Waals surface area contributed by atoms with Gasteiger partial charge in [-0.2, -0.15) is 0 Å². The van der Waals surface area contributed by atoms with Crippen LogP contribution in [0.15, 0.2) is 29.3 Å². The van der Waals surface area contributed by atoms with Gasteiger partial charge in [-0.25, -0.2) is 4.79 Å². The molecule has 3 amide bonds. The summed E-state index contributed by atoms with van der Waals surface area (Å²) in [6.07, 6.45) is 0.625. The SMILES string of the molecule is NCCCCC(NC(=O)C(CCC(=O)O)NC(=O)C(N)Cc1ccc(O)cc1)C(=O)NC(CCCN=C(N)N)C(=O)O. The third kappa shape index (κ3) is 14.3. The Kier molecular flexibility index (Phi) is 15.9. The molecule has 0 aliphatic heterocycles. The van der Waals surface area contributed by atoms with Gasteiger partial charge in [-0.15, -0.1) is 0 Å². The number of hydrogen-bond donors (Lipinski definition) is 10. The van der Waals surface area contributed by atoms with Gasteiger partial charge in [0.25, 0.3) is 0 Å². The van der Waals surface area contributed by atoms with E-state index in [1.807, 2.05) is 0 Å². The van der Waals surface area contributed by atoms with Gasteiger partial charge in [-0.05, 0) is 69.2 Å². The van der Waals surface area contributed by atoms with Crippen LogP contribution < -0.4 is 38.9 Å². The molecule has 4 atom stereocenters. The van der Waals surface area contributed by atoms with Crippen LogP contribution in [0.4, 0.5) is 0 Å². The Morgan fingerprint density at radius 3 is 1.88 bits per heavy atom. The number of phenolic OH excluding ortho intramolecular Hbond substituents is 1. The number of nitrogens with two attached hydrogens (primary N) is 4. The highest BCUT2D eigenvalue weighted by Crippen LogP contribution is 2.11. The summed E-state index contributed by atoms with van der Waals surface area (Å²) in [5, 5.41) is 35.5. The van der Waals surface area contributed by atoms with Gasteiger partial charge in [-0.1, -0.05) is 12.1 Å². The van der Waals surface area contributed by atoms with E-state index < -0.39 is 60.2 Å². The van der Waals surface area contributed by atoms with Gasteiger partial charge < -0.3 is 54.2 Å². The Hall–Kier alpha value is -4.44. The van der Waals surface area contributed by atoms with Crippen LogP contribution >= 0.6 is 0 Å². The number of amides is 3. The molecule has 16 heteroatoms. The van der Waals surface area contributed by atoms with E-state index in [4.69, 9.17) is 28.0 Å². The van der Waals surface area contributed by atoms with Crippen molar-refractivity contribution in [3.8, 4) is 5.75 Å². The lowest BCUT2D eigenvalue weighted by Crippen LogP contribution is -2.57. The maximum absolute atomic E-state index is 13.2. The van der Waals surface area contributed by atoms with Crippen molar-refractivity contribution in [2.24, 2.45) is 27.9 Å². The molecule has 0 saturated carbocycles. The minimum atomic E-state index is -1.35. The van der Waals surface area contributed by atoms with Gasteiger partial charge in [0.2, 0.25) is 17.7 Å². The number of rotatable bonds is 20. The molecule has 0 spiro atoms. The summed E-state index contributed by atoms with van der Waals surface area (Å²) in [6.45, 7) is 0.472. The van der Waals surface area contributed by atoms with Crippen LogP contribution in [0.1, 0.15) is 50.5 Å². The fourth-order valence-corrected chi connectivity index (χ4v) is 3.86. The van der Waals surface area contributed by atoms with E-state index in [-0.39, 0.29) is 50.4 Å². The second-order valence-corrected chi connectivity index (χ2v) is 9.66. The van der Waals surface area contributed by atoms with Gasteiger partial charge in [0.1, 0.15) is 23.9 Å². The predicted molar refractivity (Wildman–Crippen MR) is 153 cm³/mol. The number of nitrogens with zero attached hydrogens (tertiary/aromatic N) is 1. The zero-order chi connectivity index (χ0) is 31.7. The van der Waals surface area contributed by atoms with Crippen LogP contribution in [0.2, 0.25) is 0 Å². The van der Waals surface area contributed by atoms with Gasteiger partial charge in [0.15, 0.2) is 5.96 Å². The molecule has 42 heavy (non-hydrogen) atoms. The zero-order valence-corrected chi connectivity index (χ0v) is 23.3. The molecule has 0 radical (unpaired) electrons. The molecule has 14 N–H and O–H groups in total. The first-order chi connectivity index (χ1) is 19.8. The van der Waals surface area contributed by atoms with Crippen molar-refractivity contribution < 1.29 is 39.3 Å². The number of nitrogens with one attached hydrogen (secondary N) is 3. The summed E-state index contributed by atoms with van der Waals surface area (Å²) in [5.41, 5.74) is 22.7. The van der Waals surface area contributed by atoms with Gasteiger partial charge in [-0.3, -0.25) is 24.2 Å². The molecule has 1 aromatic carbocycles. The fraction of sp³-hybridized carbons (Fsp3) is 0.538. The Morgan fingerprint density at radius 2 is 1.33 bits per heavy atom. The molecular formula is C26H42N8O8. The number of phenols is 1. The molecule has 1 aromatic rings. The van der Waals surface area contributed by atoms with E-state index in [1.165, 1.54) is 12.1 Å². The summed E-state index contributed by atoms with van der Waals surface area (Å²) in [6, 6.07) is 1.07. The normalized spacial score (nSPS) is 13.6. The van der Waals surface area contributed by atoms with Crippen LogP contribution in [0.5, 0.6) is 5.75 Å². The summed E-state index contributed by atoms with van der Waals surface area (Å²) in [4.78, 5) is 65.8. The minimum Gasteiger partial charge on any atom is -0.508 e. The van der Waals surface area contributed by atoms with Crippen molar-refractivity contribution in [1.29, 1.82) is 0 Å². The quantitative estimate of drug-likeness (QED) is 0.0439. The number of carboxylic acids is 2. The average molecular weight is 595 g/mol. The van der Waals surface area contributed by atoms with Crippen LogP contribution in [0.3, 0.4) is 0 Å². The summed E-state index contributed by atoms with van der Waals surface area (Å²) >= 11 is 0. The number of carboxylic acid groups (broad SMARTS) is 2. The van der Waals surface area contributed by atoms with E-state index in [1.54, 1.807) is 12.1 Å². The van der Waals surface area contributed by atoms with Gasteiger partial charge in [0.05, 0.1) is 6.04 Å². The number of carbonyl (C=O) groups excluding carboxylic acids is 3. The van der Waals surface area contributed by atoms with Crippen molar-refractivity contribution >= 4 is 35.6 Å². The lowest BCUT2D eigenvalue weighted by molar-refractivity contribution is -0.142. The van der Waals surface area contributed by atoms with Crippen LogP contribution in [-0.4, -0.2) is 88.2 Å². The van der Waals surface area contributed by atoms with E-state index in [0.29, 0.717) is 24.9 Å². The largest absolute Gasteiger partial charge is 0.508 e. The van der Waals surface area contributed by atoms with Crippen LogP contribution in [-0.2, 0) is 30.4 Å². The summed E-state index contributed by atoms with van der Waals surface area (Å²) < 4.78 is 0. The number of benzene rings is 1. The fourth-order valence-electron chi connectivity index (χ4n) is 3.86. The molecule has 1 rings (SSSR count). The minimum absolute atomic E-state index is 0.0114. The van der Waals surface area contributed by atoms with Crippen LogP contribution in [0, 0.1) is 0 Å². The highest BCUT2D eigenvalue weighted by atomic mass is 16.4. The van der Waals surface area contributed by atoms with E-state index in [9.17, 15) is 34.2 Å². The first-order valence-electron chi connectivity index (χ1n) is 13.5. The maximum atomic E-state index is 13.2. The standard InChI is InChI=1S/C26H42N8O8/c27-12-2-1-4-18(23(39)34-20(25(41)42)5-3-13-31-26(29)30)33-24(40)19(10-11-21(36)37)32-22(38)17(28)14-15-6-8-16(35)9-7-15/h6-9,17-20,35H,1-5,10-14,27-28H2,(H,32,38)(H,33,40)(H,34,39)(H,36,37)(H,41,42)(H4,29,30,31). The number of carbonyl (C=O) groups is 5. The van der Waals surface area contributed by atoms with Crippen molar-refractivity contribution in [3.05, 3.63) is 29.8 Å². The molecule has 0 aliphatic carbocycles. The number of unbranched alkanes of at least 4 members (excludes halogenated alkanes) is 1. The van der Waals surface area contributed by atoms with Gasteiger partial charge in [0, 0.05) is 13.0 Å². The second kappa shape index (κ2) is 18.8. The van der Waals surface area contributed by atoms with Crippen LogP contribution in [0.25, 0.3) is 0 Å².